The summed E-state index contributed by atoms with van der Waals surface area (Å²) >= 11 is 0. The lowest BCUT2D eigenvalue weighted by Crippen LogP contribution is -2.47. The number of nitrogens with zero attached hydrogens (tertiary/aromatic N) is 2. The van der Waals surface area contributed by atoms with E-state index in [0.717, 1.165) is 69.3 Å². The van der Waals surface area contributed by atoms with Crippen LogP contribution in [0.5, 0.6) is 11.5 Å². The third kappa shape index (κ3) is 9.41. The molecule has 41 heavy (non-hydrogen) atoms. The number of likely N-dealkylation sites (tertiary alicyclic amines) is 1. The van der Waals surface area contributed by atoms with Crippen molar-refractivity contribution in [2.45, 2.75) is 45.2 Å². The molecule has 222 valence electrons. The van der Waals surface area contributed by atoms with Crippen LogP contribution in [0.1, 0.15) is 48.5 Å². The van der Waals surface area contributed by atoms with Gasteiger partial charge in [0.05, 0.1) is 11.8 Å². The topological polar surface area (TPSA) is 79.0 Å². The van der Waals surface area contributed by atoms with Gasteiger partial charge in [0.25, 0.3) is 5.91 Å². The van der Waals surface area contributed by atoms with Gasteiger partial charge in [0.2, 0.25) is 10.0 Å². The van der Waals surface area contributed by atoms with Crippen molar-refractivity contribution in [3.8, 4) is 11.5 Å². The number of halogens is 3. The largest absolute Gasteiger partial charge is 0.457 e. The minimum absolute atomic E-state index is 0. The second kappa shape index (κ2) is 14.6. The van der Waals surface area contributed by atoms with Crippen molar-refractivity contribution in [1.29, 1.82) is 0 Å². The van der Waals surface area contributed by atoms with Crippen LogP contribution >= 0.6 is 12.4 Å². The third-order valence-electron chi connectivity index (χ3n) is 6.90. The van der Waals surface area contributed by atoms with E-state index in [9.17, 15) is 22.0 Å². The highest BCUT2D eigenvalue weighted by molar-refractivity contribution is 7.92. The maximum atomic E-state index is 14.3. The summed E-state index contributed by atoms with van der Waals surface area (Å²) < 4.78 is 58.7. The maximum Gasteiger partial charge on any atom is 0.257 e. The molecule has 1 aliphatic heterocycles. The van der Waals surface area contributed by atoms with Crippen LogP contribution in [0.3, 0.4) is 0 Å². The molecule has 1 aliphatic rings. The van der Waals surface area contributed by atoms with Gasteiger partial charge in [0.15, 0.2) is 0 Å². The molecule has 1 N–H and O–H groups in total. The molecule has 4 rings (SSSR count). The summed E-state index contributed by atoms with van der Waals surface area (Å²) in [6.45, 7) is 4.97. The predicted octanol–water partition coefficient (Wildman–Crippen LogP) is 6.46. The summed E-state index contributed by atoms with van der Waals surface area (Å²) in [6, 6.07) is 17.6. The number of rotatable bonds is 11. The number of carbonyl (C=O) groups excluding carboxylic acids is 1. The number of amides is 1. The molecule has 0 radical (unpaired) electrons. The monoisotopic (exact) mass is 607 g/mol. The van der Waals surface area contributed by atoms with Crippen molar-refractivity contribution < 1.29 is 26.7 Å². The molecule has 3 aromatic rings. The van der Waals surface area contributed by atoms with Crippen LogP contribution in [0.4, 0.5) is 14.5 Å². The highest BCUT2D eigenvalue weighted by Gasteiger charge is 2.29. The second-order valence-corrected chi connectivity index (χ2v) is 11.9. The molecule has 0 spiro atoms. The molecule has 3 aromatic carbocycles. The van der Waals surface area contributed by atoms with Gasteiger partial charge in [0, 0.05) is 44.0 Å². The Morgan fingerprint density at radius 3 is 2.17 bits per heavy atom. The fourth-order valence-electron chi connectivity index (χ4n) is 4.85. The Bertz CT molecular complexity index is 1400. The highest BCUT2D eigenvalue weighted by Crippen LogP contribution is 2.26. The molecule has 0 atom stereocenters. The zero-order valence-corrected chi connectivity index (χ0v) is 24.8. The Balaban J connectivity index is 0.00000462. The van der Waals surface area contributed by atoms with Crippen LogP contribution in [-0.2, 0) is 16.6 Å². The van der Waals surface area contributed by atoms with E-state index >= 15 is 0 Å². The Morgan fingerprint density at radius 1 is 1.00 bits per heavy atom. The fourth-order valence-corrected chi connectivity index (χ4v) is 5.41. The molecule has 1 heterocycles. The molecule has 7 nitrogen and oxygen atoms in total. The zero-order chi connectivity index (χ0) is 28.7. The molecule has 11 heteroatoms. The van der Waals surface area contributed by atoms with Crippen molar-refractivity contribution >= 4 is 34.0 Å². The molecule has 1 saturated heterocycles. The number of benzene rings is 3. The van der Waals surface area contributed by atoms with Gasteiger partial charge in [-0.1, -0.05) is 25.5 Å². The Kier molecular flexibility index (Phi) is 11.5. The van der Waals surface area contributed by atoms with Gasteiger partial charge < -0.3 is 9.64 Å². The number of anilines is 1. The predicted molar refractivity (Wildman–Crippen MR) is 159 cm³/mol. The average molecular weight is 608 g/mol. The van der Waals surface area contributed by atoms with Crippen molar-refractivity contribution in [3.63, 3.8) is 0 Å². The van der Waals surface area contributed by atoms with Gasteiger partial charge in [-0.3, -0.25) is 14.4 Å². The minimum atomic E-state index is -3.33. The maximum absolute atomic E-state index is 14.3. The number of carbonyl (C=O) groups is 1. The SMILES string of the molecule is CCCCN(C(=O)c1ccc(F)cc1F)C1CCN(Cc2ccc(Oc3ccc(NS(C)(=O)=O)cc3)cc2)CC1.Cl. The number of hydrogen-bond acceptors (Lipinski definition) is 5. The van der Waals surface area contributed by atoms with E-state index in [1.54, 1.807) is 29.2 Å². The van der Waals surface area contributed by atoms with Crippen LogP contribution < -0.4 is 9.46 Å². The summed E-state index contributed by atoms with van der Waals surface area (Å²) in [7, 11) is -3.33. The number of hydrogen-bond donors (Lipinski definition) is 1. The van der Waals surface area contributed by atoms with Gasteiger partial charge in [-0.2, -0.15) is 0 Å². The number of nitrogens with one attached hydrogen (secondary N) is 1. The van der Waals surface area contributed by atoms with Crippen molar-refractivity contribution in [2.24, 2.45) is 0 Å². The van der Waals surface area contributed by atoms with E-state index in [4.69, 9.17) is 4.74 Å². The van der Waals surface area contributed by atoms with E-state index in [1.165, 1.54) is 6.07 Å². The fraction of sp³-hybridized carbons (Fsp3) is 0.367. The lowest BCUT2D eigenvalue weighted by atomic mass is 10.0. The molecule has 1 amide bonds. The molecule has 0 unspecified atom stereocenters. The van der Waals surface area contributed by atoms with Crippen LogP contribution in [0, 0.1) is 11.6 Å². The molecular weight excluding hydrogens is 572 g/mol. The third-order valence-corrected chi connectivity index (χ3v) is 7.50. The van der Waals surface area contributed by atoms with Crippen molar-refractivity contribution in [3.05, 3.63) is 89.5 Å². The zero-order valence-electron chi connectivity index (χ0n) is 23.2. The summed E-state index contributed by atoms with van der Waals surface area (Å²) in [5.41, 5.74) is 1.52. The molecule has 0 aliphatic carbocycles. The van der Waals surface area contributed by atoms with E-state index < -0.39 is 21.7 Å². The first-order valence-electron chi connectivity index (χ1n) is 13.4. The van der Waals surface area contributed by atoms with Gasteiger partial charge in [-0.05, 0) is 73.4 Å². The van der Waals surface area contributed by atoms with Gasteiger partial charge in [-0.15, -0.1) is 12.4 Å². The van der Waals surface area contributed by atoms with Gasteiger partial charge in [-0.25, -0.2) is 17.2 Å². The Labute approximate surface area is 247 Å². The highest BCUT2D eigenvalue weighted by atomic mass is 35.5. The van der Waals surface area contributed by atoms with Gasteiger partial charge >= 0.3 is 0 Å². The molecule has 0 saturated carbocycles. The van der Waals surface area contributed by atoms with E-state index in [0.29, 0.717) is 23.7 Å². The Hall–Kier alpha value is -3.21. The van der Waals surface area contributed by atoms with E-state index in [1.807, 2.05) is 24.3 Å². The first-order chi connectivity index (χ1) is 19.1. The second-order valence-electron chi connectivity index (χ2n) is 10.1. The van der Waals surface area contributed by atoms with E-state index in [2.05, 4.69) is 16.5 Å². The van der Waals surface area contributed by atoms with E-state index in [-0.39, 0.29) is 29.9 Å². The van der Waals surface area contributed by atoms with Crippen molar-refractivity contribution in [2.75, 3.05) is 30.6 Å². The lowest BCUT2D eigenvalue weighted by molar-refractivity contribution is 0.0557. The molecule has 0 bridgehead atoms. The number of piperidine rings is 1. The average Bonchev–Trinajstić information content (AvgIpc) is 2.91. The van der Waals surface area contributed by atoms with Crippen LogP contribution in [0.15, 0.2) is 66.7 Å². The number of sulfonamides is 1. The van der Waals surface area contributed by atoms with Crippen LogP contribution in [-0.4, -0.2) is 56.1 Å². The summed E-state index contributed by atoms with van der Waals surface area (Å²) in [4.78, 5) is 17.3. The summed E-state index contributed by atoms with van der Waals surface area (Å²) in [5, 5.41) is 0. The lowest BCUT2D eigenvalue weighted by Gasteiger charge is -2.39. The minimum Gasteiger partial charge on any atom is -0.457 e. The quantitative estimate of drug-likeness (QED) is 0.271. The summed E-state index contributed by atoms with van der Waals surface area (Å²) in [6.07, 6.45) is 4.40. The number of ether oxygens (including phenoxy) is 1. The summed E-state index contributed by atoms with van der Waals surface area (Å²) in [5.74, 6) is -0.625. The number of unbranched alkanes of at least 4 members (excludes halogenated alkanes) is 1. The first kappa shape index (κ1) is 32.3. The molecule has 0 aromatic heterocycles. The normalized spacial score (nSPS) is 14.2. The molecule has 1 fully saturated rings. The first-order valence-corrected chi connectivity index (χ1v) is 15.3. The standard InChI is InChI=1S/C30H35F2N3O4S.ClH/c1-3-4-17-35(30(36)28-14-7-23(31)20-29(28)32)25-15-18-34(19-16-25)21-22-5-10-26(11-6-22)39-27-12-8-24(9-13-27)33-40(2,37)38;/h5-14,20,25,33H,3-4,15-19,21H2,1-2H3;1H. The van der Waals surface area contributed by atoms with Gasteiger partial charge in [0.1, 0.15) is 23.1 Å². The molecular formula is C30H36ClF2N3O4S. The smallest absolute Gasteiger partial charge is 0.257 e. The Morgan fingerprint density at radius 2 is 1.61 bits per heavy atom. The van der Waals surface area contributed by atoms with Crippen LogP contribution in [0.25, 0.3) is 0 Å². The van der Waals surface area contributed by atoms with Crippen molar-refractivity contribution in [1.82, 2.24) is 9.80 Å². The van der Waals surface area contributed by atoms with Crippen LogP contribution in [0.2, 0.25) is 0 Å².